The molecule has 0 aliphatic rings. The van der Waals surface area contributed by atoms with Crippen LogP contribution in [-0.2, 0) is 0 Å². The Balaban J connectivity index is 2.36. The van der Waals surface area contributed by atoms with E-state index in [1.54, 1.807) is 24.3 Å². The maximum atomic E-state index is 11.3. The molecule has 0 aliphatic carbocycles. The van der Waals surface area contributed by atoms with Gasteiger partial charge in [-0.15, -0.1) is 0 Å². The summed E-state index contributed by atoms with van der Waals surface area (Å²) in [7, 11) is 0. The van der Waals surface area contributed by atoms with Crippen LogP contribution in [0.3, 0.4) is 0 Å². The number of nitrogens with zero attached hydrogens (tertiary/aromatic N) is 1. The van der Waals surface area contributed by atoms with Crippen molar-refractivity contribution in [2.24, 2.45) is 0 Å². The summed E-state index contributed by atoms with van der Waals surface area (Å²) in [6.45, 7) is 1.29. The second-order valence-corrected chi connectivity index (χ2v) is 3.91. The minimum Gasteiger partial charge on any atom is -0.457 e. The van der Waals surface area contributed by atoms with E-state index in [0.29, 0.717) is 11.5 Å². The maximum absolute atomic E-state index is 11.3. The first-order chi connectivity index (χ1) is 9.08. The highest BCUT2D eigenvalue weighted by Crippen LogP contribution is 2.28. The standard InChI is InChI=1S/C14H11NO4/c1-10(16)13-8-7-12(9-14(13)15(17)18)19-11-5-3-2-4-6-11/h2-9H,1H3. The minimum atomic E-state index is -0.589. The minimum absolute atomic E-state index is 0.0745. The van der Waals surface area contributed by atoms with Gasteiger partial charge < -0.3 is 4.74 Å². The van der Waals surface area contributed by atoms with Crippen molar-refractivity contribution >= 4 is 11.5 Å². The molecule has 0 saturated heterocycles. The third-order valence-electron chi connectivity index (χ3n) is 2.52. The number of nitro groups is 1. The molecule has 0 fully saturated rings. The zero-order chi connectivity index (χ0) is 13.8. The van der Waals surface area contributed by atoms with Crippen LogP contribution in [0.1, 0.15) is 17.3 Å². The third-order valence-corrected chi connectivity index (χ3v) is 2.52. The Morgan fingerprint density at radius 1 is 1.11 bits per heavy atom. The molecule has 0 heterocycles. The summed E-state index contributed by atoms with van der Waals surface area (Å²) in [5.74, 6) is 0.549. The van der Waals surface area contributed by atoms with Gasteiger partial charge in [0.25, 0.3) is 5.69 Å². The molecule has 0 N–H and O–H groups in total. The van der Waals surface area contributed by atoms with Gasteiger partial charge in [0.05, 0.1) is 16.6 Å². The topological polar surface area (TPSA) is 69.4 Å². The number of benzene rings is 2. The fourth-order valence-electron chi connectivity index (χ4n) is 1.65. The number of carbonyl (C=O) groups excluding carboxylic acids is 1. The number of ether oxygens (including phenoxy) is 1. The molecule has 0 saturated carbocycles. The lowest BCUT2D eigenvalue weighted by molar-refractivity contribution is -0.385. The number of nitro benzene ring substituents is 1. The molecule has 5 heteroatoms. The van der Waals surface area contributed by atoms with E-state index < -0.39 is 4.92 Å². The number of para-hydroxylation sites is 1. The lowest BCUT2D eigenvalue weighted by Gasteiger charge is -2.06. The molecule has 0 atom stereocenters. The van der Waals surface area contributed by atoms with Crippen LogP contribution in [0.4, 0.5) is 5.69 Å². The zero-order valence-corrected chi connectivity index (χ0v) is 10.2. The molecular formula is C14H11NO4. The van der Waals surface area contributed by atoms with Crippen LogP contribution in [-0.4, -0.2) is 10.7 Å². The van der Waals surface area contributed by atoms with Crippen molar-refractivity contribution < 1.29 is 14.5 Å². The summed E-state index contributed by atoms with van der Waals surface area (Å²) in [4.78, 5) is 21.6. The second-order valence-electron chi connectivity index (χ2n) is 3.91. The van der Waals surface area contributed by atoms with Gasteiger partial charge in [-0.1, -0.05) is 18.2 Å². The number of hydrogen-bond donors (Lipinski definition) is 0. The van der Waals surface area contributed by atoms with Crippen molar-refractivity contribution in [1.29, 1.82) is 0 Å². The van der Waals surface area contributed by atoms with E-state index in [9.17, 15) is 14.9 Å². The summed E-state index contributed by atoms with van der Waals surface area (Å²) in [6.07, 6.45) is 0. The van der Waals surface area contributed by atoms with Crippen molar-refractivity contribution in [1.82, 2.24) is 0 Å². The molecule has 96 valence electrons. The number of ketones is 1. The Morgan fingerprint density at radius 3 is 2.37 bits per heavy atom. The molecule has 0 aliphatic heterocycles. The van der Waals surface area contributed by atoms with Gasteiger partial charge in [-0.3, -0.25) is 14.9 Å². The van der Waals surface area contributed by atoms with Gasteiger partial charge in [0.1, 0.15) is 11.5 Å². The summed E-state index contributed by atoms with van der Waals surface area (Å²) < 4.78 is 5.49. The second kappa shape index (κ2) is 5.30. The largest absolute Gasteiger partial charge is 0.457 e. The quantitative estimate of drug-likeness (QED) is 0.476. The average Bonchev–Trinajstić information content (AvgIpc) is 2.39. The van der Waals surface area contributed by atoms with E-state index in [1.807, 2.05) is 6.07 Å². The fraction of sp³-hybridized carbons (Fsp3) is 0.0714. The molecule has 0 radical (unpaired) electrons. The molecule has 0 bridgehead atoms. The predicted octanol–water partition coefficient (Wildman–Crippen LogP) is 3.59. The van der Waals surface area contributed by atoms with Crippen LogP contribution >= 0.6 is 0 Å². The number of rotatable bonds is 4. The molecule has 19 heavy (non-hydrogen) atoms. The van der Waals surface area contributed by atoms with E-state index in [-0.39, 0.29) is 17.0 Å². The molecule has 2 aromatic rings. The van der Waals surface area contributed by atoms with Crippen molar-refractivity contribution in [2.45, 2.75) is 6.92 Å². The summed E-state index contributed by atoms with van der Waals surface area (Å²) in [5, 5.41) is 10.9. The summed E-state index contributed by atoms with van der Waals surface area (Å²) >= 11 is 0. The Kier molecular flexibility index (Phi) is 3.56. The Bertz CT molecular complexity index is 623. The lowest BCUT2D eigenvalue weighted by Crippen LogP contribution is -2.00. The predicted molar refractivity (Wildman–Crippen MR) is 69.6 cm³/mol. The third kappa shape index (κ3) is 2.95. The first-order valence-corrected chi connectivity index (χ1v) is 5.60. The van der Waals surface area contributed by atoms with Crippen LogP contribution in [0.5, 0.6) is 11.5 Å². The normalized spacial score (nSPS) is 9.95. The maximum Gasteiger partial charge on any atom is 0.283 e. The Morgan fingerprint density at radius 2 is 1.79 bits per heavy atom. The molecular weight excluding hydrogens is 246 g/mol. The van der Waals surface area contributed by atoms with Crippen LogP contribution in [0, 0.1) is 10.1 Å². The Hall–Kier alpha value is -2.69. The number of carbonyl (C=O) groups is 1. The van der Waals surface area contributed by atoms with Gasteiger partial charge in [0, 0.05) is 0 Å². The van der Waals surface area contributed by atoms with Crippen LogP contribution in [0.15, 0.2) is 48.5 Å². The summed E-state index contributed by atoms with van der Waals surface area (Å²) in [5.41, 5.74) is -0.175. The van der Waals surface area contributed by atoms with E-state index in [0.717, 1.165) is 0 Å². The van der Waals surface area contributed by atoms with E-state index in [1.165, 1.54) is 25.1 Å². The molecule has 5 nitrogen and oxygen atoms in total. The lowest BCUT2D eigenvalue weighted by atomic mass is 10.1. The van der Waals surface area contributed by atoms with Gasteiger partial charge in [-0.05, 0) is 31.2 Å². The highest BCUT2D eigenvalue weighted by atomic mass is 16.6. The molecule has 0 amide bonds. The van der Waals surface area contributed by atoms with Crippen LogP contribution < -0.4 is 4.74 Å². The first kappa shape index (κ1) is 12.8. The van der Waals surface area contributed by atoms with E-state index in [2.05, 4.69) is 0 Å². The van der Waals surface area contributed by atoms with Crippen LogP contribution in [0.25, 0.3) is 0 Å². The van der Waals surface area contributed by atoms with Crippen LogP contribution in [0.2, 0.25) is 0 Å². The van der Waals surface area contributed by atoms with Gasteiger partial charge in [-0.2, -0.15) is 0 Å². The summed E-state index contributed by atoms with van der Waals surface area (Å²) in [6, 6.07) is 13.1. The van der Waals surface area contributed by atoms with E-state index >= 15 is 0 Å². The Labute approximate surface area is 109 Å². The van der Waals surface area contributed by atoms with Gasteiger partial charge in [0.2, 0.25) is 0 Å². The monoisotopic (exact) mass is 257 g/mol. The van der Waals surface area contributed by atoms with Crippen molar-refractivity contribution in [3.8, 4) is 11.5 Å². The van der Waals surface area contributed by atoms with Crippen molar-refractivity contribution in [3.63, 3.8) is 0 Å². The first-order valence-electron chi connectivity index (χ1n) is 5.60. The molecule has 2 rings (SSSR count). The molecule has 0 unspecified atom stereocenters. The van der Waals surface area contributed by atoms with E-state index in [4.69, 9.17) is 4.74 Å². The highest BCUT2D eigenvalue weighted by Gasteiger charge is 2.18. The molecule has 0 spiro atoms. The highest BCUT2D eigenvalue weighted by molar-refractivity contribution is 5.98. The average molecular weight is 257 g/mol. The van der Waals surface area contributed by atoms with Gasteiger partial charge in [-0.25, -0.2) is 0 Å². The molecule has 0 aromatic heterocycles. The van der Waals surface area contributed by atoms with Crippen molar-refractivity contribution in [2.75, 3.05) is 0 Å². The molecule has 2 aromatic carbocycles. The smallest absolute Gasteiger partial charge is 0.283 e. The SMILES string of the molecule is CC(=O)c1ccc(Oc2ccccc2)cc1[N+](=O)[O-]. The number of Topliss-reactive ketones (excluding diaryl/α,β-unsaturated/α-hetero) is 1. The zero-order valence-electron chi connectivity index (χ0n) is 10.2. The fourth-order valence-corrected chi connectivity index (χ4v) is 1.65. The van der Waals surface area contributed by atoms with Gasteiger partial charge >= 0.3 is 0 Å². The van der Waals surface area contributed by atoms with Crippen molar-refractivity contribution in [3.05, 3.63) is 64.2 Å². The van der Waals surface area contributed by atoms with Gasteiger partial charge in [0.15, 0.2) is 5.78 Å². The number of hydrogen-bond acceptors (Lipinski definition) is 4.